The fourth-order valence-electron chi connectivity index (χ4n) is 1.01. The third-order valence-corrected chi connectivity index (χ3v) is 2.34. The number of rotatable bonds is 2. The molecule has 0 aliphatic carbocycles. The maximum atomic E-state index is 12.4. The van der Waals surface area contributed by atoms with Gasteiger partial charge in [0.05, 0.1) is 15.6 Å². The molecule has 106 valence electrons. The smallest absolute Gasteiger partial charge is 0.179 e. The van der Waals surface area contributed by atoms with Crippen molar-refractivity contribution in [2.75, 3.05) is 6.54 Å². The molecule has 0 fully saturated rings. The van der Waals surface area contributed by atoms with Crippen LogP contribution in [0.3, 0.4) is 0 Å². The zero-order chi connectivity index (χ0) is 14.8. The monoisotopic (exact) mass is 324 g/mol. The molecule has 2 nitrogen and oxygen atoms in total. The minimum absolute atomic E-state index is 0.444. The molecule has 1 aromatic rings. The number of hydrogen-bond donors (Lipinski definition) is 0. The van der Waals surface area contributed by atoms with Crippen molar-refractivity contribution >= 4 is 28.9 Å². The first kappa shape index (κ1) is 16.0. The average molecular weight is 325 g/mol. The molecule has 1 aromatic carbocycles. The molecule has 0 spiro atoms. The highest BCUT2D eigenvalue weighted by Gasteiger charge is 2.32. The summed E-state index contributed by atoms with van der Waals surface area (Å²) in [5, 5.41) is 4.79. The molecule has 0 aliphatic rings. The van der Waals surface area contributed by atoms with Crippen molar-refractivity contribution in [1.29, 1.82) is 0 Å². The topological polar surface area (TPSA) is 24.7 Å². The van der Waals surface area contributed by atoms with Crippen LogP contribution in [0.4, 0.5) is 32.0 Å². The zero-order valence-corrected chi connectivity index (χ0v) is 10.3. The van der Waals surface area contributed by atoms with Crippen molar-refractivity contribution in [3.05, 3.63) is 27.7 Å². The standard InChI is InChI=1S/C9H4Cl2F6N2/c10-5-1-4(9(15,16)17)2-6(11)7(5)19-18-3-8(12,13)14/h1-2H,3H2. The lowest BCUT2D eigenvalue weighted by atomic mass is 10.2. The number of azo groups is 1. The van der Waals surface area contributed by atoms with Gasteiger partial charge in [-0.15, -0.1) is 0 Å². The highest BCUT2D eigenvalue weighted by Crippen LogP contribution is 2.40. The molecule has 0 atom stereocenters. The largest absolute Gasteiger partial charge is 0.416 e. The Morgan fingerprint density at radius 1 is 0.947 bits per heavy atom. The van der Waals surface area contributed by atoms with Gasteiger partial charge in [-0.1, -0.05) is 23.2 Å². The summed E-state index contributed by atoms with van der Waals surface area (Å²) in [6.45, 7) is -1.58. The highest BCUT2D eigenvalue weighted by atomic mass is 35.5. The van der Waals surface area contributed by atoms with Gasteiger partial charge in [0.2, 0.25) is 0 Å². The minimum Gasteiger partial charge on any atom is -0.179 e. The Balaban J connectivity index is 3.05. The van der Waals surface area contributed by atoms with E-state index in [0.29, 0.717) is 12.1 Å². The fourth-order valence-corrected chi connectivity index (χ4v) is 1.57. The van der Waals surface area contributed by atoms with Crippen LogP contribution in [-0.2, 0) is 6.18 Å². The minimum atomic E-state index is -4.67. The molecule has 10 heteroatoms. The molecule has 0 aromatic heterocycles. The van der Waals surface area contributed by atoms with Gasteiger partial charge in [0.25, 0.3) is 0 Å². The summed E-state index contributed by atoms with van der Waals surface area (Å²) < 4.78 is 72.5. The van der Waals surface area contributed by atoms with Crippen LogP contribution in [0, 0.1) is 0 Å². The van der Waals surface area contributed by atoms with E-state index < -0.39 is 40.2 Å². The van der Waals surface area contributed by atoms with E-state index in [1.54, 1.807) is 0 Å². The lowest BCUT2D eigenvalue weighted by molar-refractivity contribution is -0.137. The number of benzene rings is 1. The first-order chi connectivity index (χ1) is 8.50. The maximum absolute atomic E-state index is 12.4. The van der Waals surface area contributed by atoms with Crippen molar-refractivity contribution < 1.29 is 26.3 Å². The number of halogens is 8. The van der Waals surface area contributed by atoms with Gasteiger partial charge in [-0.2, -0.15) is 36.6 Å². The third kappa shape index (κ3) is 4.87. The van der Waals surface area contributed by atoms with Crippen molar-refractivity contribution in [1.82, 2.24) is 0 Å². The van der Waals surface area contributed by atoms with Crippen molar-refractivity contribution in [3.8, 4) is 0 Å². The second kappa shape index (κ2) is 5.54. The first-order valence-electron chi connectivity index (χ1n) is 4.51. The van der Waals surface area contributed by atoms with Gasteiger partial charge in [-0.3, -0.25) is 0 Å². The van der Waals surface area contributed by atoms with Gasteiger partial charge in [0.1, 0.15) is 5.69 Å². The van der Waals surface area contributed by atoms with E-state index in [-0.39, 0.29) is 0 Å². The summed E-state index contributed by atoms with van der Waals surface area (Å²) in [7, 11) is 0. The quantitative estimate of drug-likeness (QED) is 0.495. The molecule has 1 rings (SSSR count). The first-order valence-corrected chi connectivity index (χ1v) is 5.27. The summed E-state index contributed by atoms with van der Waals surface area (Å²) in [4.78, 5) is 0. The van der Waals surface area contributed by atoms with Gasteiger partial charge in [-0.25, -0.2) is 0 Å². The lowest BCUT2D eigenvalue weighted by Crippen LogP contribution is -2.11. The lowest BCUT2D eigenvalue weighted by Gasteiger charge is -2.09. The molecule has 19 heavy (non-hydrogen) atoms. The molecule has 0 N–H and O–H groups in total. The van der Waals surface area contributed by atoms with E-state index >= 15 is 0 Å². The summed E-state index contributed by atoms with van der Waals surface area (Å²) in [5.74, 6) is 0. The van der Waals surface area contributed by atoms with Crippen LogP contribution in [0.25, 0.3) is 0 Å². The summed E-state index contributed by atoms with van der Waals surface area (Å²) in [5.41, 5.74) is -1.57. The Kier molecular flexibility index (Phi) is 4.67. The van der Waals surface area contributed by atoms with Crippen LogP contribution in [0.15, 0.2) is 22.4 Å². The highest BCUT2D eigenvalue weighted by molar-refractivity contribution is 6.38. The van der Waals surface area contributed by atoms with E-state index in [2.05, 4.69) is 10.2 Å². The Morgan fingerprint density at radius 2 is 1.42 bits per heavy atom. The van der Waals surface area contributed by atoms with E-state index in [1.165, 1.54) is 0 Å². The van der Waals surface area contributed by atoms with E-state index in [1.807, 2.05) is 0 Å². The maximum Gasteiger partial charge on any atom is 0.416 e. The molecule has 0 saturated heterocycles. The van der Waals surface area contributed by atoms with Gasteiger partial charge in [0, 0.05) is 0 Å². The second-order valence-electron chi connectivity index (χ2n) is 3.30. The van der Waals surface area contributed by atoms with Gasteiger partial charge >= 0.3 is 12.4 Å². The van der Waals surface area contributed by atoms with E-state index in [0.717, 1.165) is 0 Å². The molecular weight excluding hydrogens is 321 g/mol. The fraction of sp³-hybridized carbons (Fsp3) is 0.333. The van der Waals surface area contributed by atoms with Crippen molar-refractivity contribution in [2.24, 2.45) is 10.2 Å². The van der Waals surface area contributed by atoms with E-state index in [9.17, 15) is 26.3 Å². The van der Waals surface area contributed by atoms with Gasteiger partial charge in [-0.05, 0) is 12.1 Å². The molecule has 0 unspecified atom stereocenters. The van der Waals surface area contributed by atoms with Crippen LogP contribution in [-0.4, -0.2) is 12.7 Å². The molecule has 0 bridgehead atoms. The molecule has 0 amide bonds. The SMILES string of the molecule is FC(F)(F)CN=Nc1c(Cl)cc(C(F)(F)F)cc1Cl. The Labute approximate surface area is 113 Å². The summed E-state index contributed by atoms with van der Waals surface area (Å²) in [6, 6.07) is 1.02. The van der Waals surface area contributed by atoms with Gasteiger partial charge < -0.3 is 0 Å². The molecular formula is C9H4Cl2F6N2. The Morgan fingerprint density at radius 3 is 1.79 bits per heavy atom. The number of nitrogens with zero attached hydrogens (tertiary/aromatic N) is 2. The predicted molar refractivity (Wildman–Crippen MR) is 56.9 cm³/mol. The third-order valence-electron chi connectivity index (χ3n) is 1.76. The average Bonchev–Trinajstić information content (AvgIpc) is 2.18. The van der Waals surface area contributed by atoms with Crippen molar-refractivity contribution in [2.45, 2.75) is 12.4 Å². The Hall–Kier alpha value is -1.02. The molecule has 0 aliphatic heterocycles. The number of hydrogen-bond acceptors (Lipinski definition) is 2. The normalized spacial score (nSPS) is 13.3. The molecule has 0 heterocycles. The van der Waals surface area contributed by atoms with Crippen LogP contribution < -0.4 is 0 Å². The molecule has 0 radical (unpaired) electrons. The van der Waals surface area contributed by atoms with E-state index in [4.69, 9.17) is 23.2 Å². The molecule has 0 saturated carbocycles. The summed E-state index contributed by atoms with van der Waals surface area (Å²) in [6.07, 6.45) is -9.25. The van der Waals surface area contributed by atoms with Crippen LogP contribution in [0.1, 0.15) is 5.56 Å². The second-order valence-corrected chi connectivity index (χ2v) is 4.12. The van der Waals surface area contributed by atoms with Gasteiger partial charge in [0.15, 0.2) is 6.54 Å². The zero-order valence-electron chi connectivity index (χ0n) is 8.78. The van der Waals surface area contributed by atoms with Crippen LogP contribution in [0.2, 0.25) is 10.0 Å². The predicted octanol–water partition coefficient (Wildman–Crippen LogP) is 5.66. The van der Waals surface area contributed by atoms with Crippen molar-refractivity contribution in [3.63, 3.8) is 0 Å². The van der Waals surface area contributed by atoms with Crippen LogP contribution >= 0.6 is 23.2 Å². The Bertz CT molecular complexity index is 471. The van der Waals surface area contributed by atoms with Crippen LogP contribution in [0.5, 0.6) is 0 Å². The number of alkyl halides is 6. The summed E-state index contributed by atoms with van der Waals surface area (Å²) >= 11 is 10.9.